The van der Waals surface area contributed by atoms with Gasteiger partial charge in [-0.2, -0.15) is 5.10 Å². The molecule has 5 aromatic rings. The molecule has 0 spiro atoms. The standard InChI is InChI=1S/C38H51N5/c1-11-12-25-20-26(19-24(3)33(25)42-39)37(7,8)17-18-38(9,10)30-16-15-27(29-21-41-43-34(29)30)32-23(2)13-14-28-31(36(4,5)6)22-40-35(28)32/h13-16,19-22,40,42H,11-12,17-18,39H2,1-10H3,(H,41,43). The number of hydrogen-bond acceptors (Lipinski definition) is 3. The highest BCUT2D eigenvalue weighted by atomic mass is 15.2. The number of aromatic nitrogens is 3. The van der Waals surface area contributed by atoms with Crippen molar-refractivity contribution in [3.63, 3.8) is 0 Å². The number of aromatic amines is 2. The van der Waals surface area contributed by atoms with Gasteiger partial charge in [-0.05, 0) is 88.3 Å². The number of nitrogens with two attached hydrogens (primary N) is 1. The fourth-order valence-electron chi connectivity index (χ4n) is 6.92. The van der Waals surface area contributed by atoms with Gasteiger partial charge in [0, 0.05) is 22.5 Å². The lowest BCUT2D eigenvalue weighted by Crippen LogP contribution is -2.25. The SMILES string of the molecule is CCCc1cc(C(C)(C)CCC(C)(C)c2ccc(-c3c(C)ccc4c(C(C)(C)C)c[nH]c34)c3cn[nH]c23)cc(C)c1NN. The molecular formula is C38H51N5. The number of nitrogens with zero attached hydrogens (tertiary/aromatic N) is 1. The average molecular weight is 578 g/mol. The van der Waals surface area contributed by atoms with Crippen LogP contribution in [-0.2, 0) is 22.7 Å². The molecule has 0 amide bonds. The molecule has 5 N–H and O–H groups in total. The van der Waals surface area contributed by atoms with Crippen LogP contribution in [0, 0.1) is 13.8 Å². The lowest BCUT2D eigenvalue weighted by atomic mass is 9.71. The highest BCUT2D eigenvalue weighted by molar-refractivity contribution is 6.06. The quantitative estimate of drug-likeness (QED) is 0.104. The van der Waals surface area contributed by atoms with Crippen LogP contribution in [0.3, 0.4) is 0 Å². The minimum atomic E-state index is -0.0481. The summed E-state index contributed by atoms with van der Waals surface area (Å²) in [5.74, 6) is 5.90. The highest BCUT2D eigenvalue weighted by Gasteiger charge is 2.30. The summed E-state index contributed by atoms with van der Waals surface area (Å²) >= 11 is 0. The second-order valence-electron chi connectivity index (χ2n) is 14.9. The van der Waals surface area contributed by atoms with E-state index in [1.165, 1.54) is 60.8 Å². The molecule has 0 fully saturated rings. The van der Waals surface area contributed by atoms with Crippen molar-refractivity contribution in [2.24, 2.45) is 5.84 Å². The molecule has 43 heavy (non-hydrogen) atoms. The van der Waals surface area contributed by atoms with E-state index < -0.39 is 0 Å². The van der Waals surface area contributed by atoms with E-state index in [4.69, 9.17) is 5.84 Å². The van der Waals surface area contributed by atoms with Gasteiger partial charge < -0.3 is 10.4 Å². The molecule has 5 nitrogen and oxygen atoms in total. The number of fused-ring (bicyclic) bond motifs is 2. The molecule has 228 valence electrons. The molecule has 0 radical (unpaired) electrons. The molecule has 0 saturated heterocycles. The summed E-state index contributed by atoms with van der Waals surface area (Å²) in [7, 11) is 0. The molecule has 3 aromatic carbocycles. The van der Waals surface area contributed by atoms with Crippen molar-refractivity contribution in [2.45, 2.75) is 111 Å². The van der Waals surface area contributed by atoms with Crippen LogP contribution >= 0.6 is 0 Å². The first-order chi connectivity index (χ1) is 20.2. The van der Waals surface area contributed by atoms with Gasteiger partial charge in [-0.3, -0.25) is 10.9 Å². The zero-order chi connectivity index (χ0) is 31.3. The molecule has 5 rings (SSSR count). The van der Waals surface area contributed by atoms with Crippen LogP contribution in [0.1, 0.15) is 108 Å². The second kappa shape index (κ2) is 11.2. The second-order valence-corrected chi connectivity index (χ2v) is 14.9. The summed E-state index contributed by atoms with van der Waals surface area (Å²) < 4.78 is 0. The Morgan fingerprint density at radius 1 is 0.814 bits per heavy atom. The Balaban J connectivity index is 1.50. The number of rotatable bonds is 9. The molecule has 0 atom stereocenters. The third-order valence-electron chi connectivity index (χ3n) is 9.72. The van der Waals surface area contributed by atoms with E-state index in [0.717, 1.165) is 36.9 Å². The average Bonchev–Trinajstić information content (AvgIpc) is 3.59. The van der Waals surface area contributed by atoms with Crippen LogP contribution in [0.5, 0.6) is 0 Å². The third kappa shape index (κ3) is 5.60. The Kier molecular flexibility index (Phi) is 8.02. The van der Waals surface area contributed by atoms with E-state index in [2.05, 4.69) is 132 Å². The molecule has 5 heteroatoms. The molecule has 0 bridgehead atoms. The topological polar surface area (TPSA) is 82.5 Å². The van der Waals surface area contributed by atoms with Crippen LogP contribution in [0.4, 0.5) is 5.69 Å². The van der Waals surface area contributed by atoms with Crippen molar-refractivity contribution in [3.8, 4) is 11.1 Å². The first kappa shape index (κ1) is 30.9. The third-order valence-corrected chi connectivity index (χ3v) is 9.72. The van der Waals surface area contributed by atoms with E-state index in [1.807, 2.05) is 6.20 Å². The smallest absolute Gasteiger partial charge is 0.0694 e. The van der Waals surface area contributed by atoms with Crippen LogP contribution in [0.15, 0.2) is 48.8 Å². The normalized spacial score (nSPS) is 12.9. The number of anilines is 1. The Morgan fingerprint density at radius 3 is 2.21 bits per heavy atom. The van der Waals surface area contributed by atoms with Crippen molar-refractivity contribution in [2.75, 3.05) is 5.43 Å². The minimum absolute atomic E-state index is 0.0236. The largest absolute Gasteiger partial charge is 0.360 e. The fourth-order valence-corrected chi connectivity index (χ4v) is 6.92. The highest BCUT2D eigenvalue weighted by Crippen LogP contribution is 2.43. The van der Waals surface area contributed by atoms with Crippen molar-refractivity contribution in [1.82, 2.24) is 15.2 Å². The van der Waals surface area contributed by atoms with Crippen molar-refractivity contribution >= 4 is 27.5 Å². The van der Waals surface area contributed by atoms with Gasteiger partial charge in [0.15, 0.2) is 0 Å². The van der Waals surface area contributed by atoms with E-state index in [0.29, 0.717) is 0 Å². The molecule has 0 unspecified atom stereocenters. The first-order valence-electron chi connectivity index (χ1n) is 15.9. The summed E-state index contributed by atoms with van der Waals surface area (Å²) in [5, 5.41) is 10.4. The Labute approximate surface area is 258 Å². The molecular weight excluding hydrogens is 526 g/mol. The lowest BCUT2D eigenvalue weighted by Gasteiger charge is -2.33. The summed E-state index contributed by atoms with van der Waals surface area (Å²) in [4.78, 5) is 3.64. The summed E-state index contributed by atoms with van der Waals surface area (Å²) in [6.45, 7) is 22.9. The van der Waals surface area contributed by atoms with Gasteiger partial charge in [0.1, 0.15) is 0 Å². The van der Waals surface area contributed by atoms with Crippen LogP contribution < -0.4 is 11.3 Å². The predicted molar refractivity (Wildman–Crippen MR) is 185 cm³/mol. The number of nitrogen functional groups attached to an aromatic ring is 1. The Morgan fingerprint density at radius 2 is 1.53 bits per heavy atom. The van der Waals surface area contributed by atoms with E-state index in [-0.39, 0.29) is 16.2 Å². The summed E-state index contributed by atoms with van der Waals surface area (Å²) in [5.41, 5.74) is 16.7. The summed E-state index contributed by atoms with van der Waals surface area (Å²) in [6.07, 6.45) is 8.42. The molecule has 0 aliphatic rings. The number of hydrazine groups is 1. The van der Waals surface area contributed by atoms with Gasteiger partial charge >= 0.3 is 0 Å². The zero-order valence-corrected chi connectivity index (χ0v) is 28.0. The van der Waals surface area contributed by atoms with Gasteiger partial charge in [0.25, 0.3) is 0 Å². The number of hydrogen-bond donors (Lipinski definition) is 4. The van der Waals surface area contributed by atoms with Gasteiger partial charge in [-0.25, -0.2) is 0 Å². The van der Waals surface area contributed by atoms with Crippen LogP contribution in [0.25, 0.3) is 32.9 Å². The summed E-state index contributed by atoms with van der Waals surface area (Å²) in [6, 6.07) is 13.9. The molecule has 2 aromatic heterocycles. The Bertz CT molecular complexity index is 1770. The minimum Gasteiger partial charge on any atom is -0.360 e. The van der Waals surface area contributed by atoms with Crippen molar-refractivity contribution in [1.29, 1.82) is 0 Å². The monoisotopic (exact) mass is 577 g/mol. The first-order valence-corrected chi connectivity index (χ1v) is 15.9. The van der Waals surface area contributed by atoms with Crippen LogP contribution in [0.2, 0.25) is 0 Å². The molecule has 0 aliphatic carbocycles. The number of nitrogens with one attached hydrogen (secondary N) is 3. The van der Waals surface area contributed by atoms with Gasteiger partial charge in [0.05, 0.1) is 22.9 Å². The number of H-pyrrole nitrogens is 2. The molecule has 2 heterocycles. The van der Waals surface area contributed by atoms with E-state index in [1.54, 1.807) is 0 Å². The molecule has 0 saturated carbocycles. The maximum atomic E-state index is 5.90. The predicted octanol–water partition coefficient (Wildman–Crippen LogP) is 9.90. The lowest BCUT2D eigenvalue weighted by molar-refractivity contribution is 0.376. The molecule has 0 aliphatic heterocycles. The van der Waals surface area contributed by atoms with Crippen molar-refractivity contribution < 1.29 is 0 Å². The van der Waals surface area contributed by atoms with E-state index in [9.17, 15) is 0 Å². The maximum Gasteiger partial charge on any atom is 0.0694 e. The zero-order valence-electron chi connectivity index (χ0n) is 28.0. The van der Waals surface area contributed by atoms with E-state index >= 15 is 0 Å². The number of benzene rings is 3. The van der Waals surface area contributed by atoms with Crippen LogP contribution in [-0.4, -0.2) is 15.2 Å². The Hall–Kier alpha value is -3.57. The van der Waals surface area contributed by atoms with Gasteiger partial charge in [-0.1, -0.05) is 98.2 Å². The fraction of sp³-hybridized carbons (Fsp3) is 0.447. The van der Waals surface area contributed by atoms with Crippen molar-refractivity contribution in [3.05, 3.63) is 82.2 Å². The maximum absolute atomic E-state index is 5.90. The number of aryl methyl sites for hydroxylation is 3. The van der Waals surface area contributed by atoms with Gasteiger partial charge in [-0.15, -0.1) is 0 Å². The van der Waals surface area contributed by atoms with Gasteiger partial charge in [0.2, 0.25) is 0 Å².